The second kappa shape index (κ2) is 4.23. The van der Waals surface area contributed by atoms with Crippen molar-refractivity contribution in [3.8, 4) is 5.75 Å². The van der Waals surface area contributed by atoms with Gasteiger partial charge >= 0.3 is 0 Å². The van der Waals surface area contributed by atoms with E-state index in [0.717, 1.165) is 18.7 Å². The first-order valence-corrected chi connectivity index (χ1v) is 5.67. The van der Waals surface area contributed by atoms with Crippen LogP contribution in [-0.2, 0) is 13.0 Å². The van der Waals surface area contributed by atoms with Crippen molar-refractivity contribution >= 4 is 0 Å². The Morgan fingerprint density at radius 1 is 1.47 bits per heavy atom. The highest BCUT2D eigenvalue weighted by molar-refractivity contribution is 5.40. The van der Waals surface area contributed by atoms with Crippen molar-refractivity contribution in [2.75, 3.05) is 0 Å². The molecule has 0 saturated carbocycles. The predicted molar refractivity (Wildman–Crippen MR) is 62.2 cm³/mol. The van der Waals surface area contributed by atoms with Gasteiger partial charge in [0, 0.05) is 19.0 Å². The summed E-state index contributed by atoms with van der Waals surface area (Å²) in [7, 11) is 0. The number of benzene rings is 1. The van der Waals surface area contributed by atoms with Crippen LogP contribution in [0.4, 0.5) is 0 Å². The molecular weight excluding hydrogens is 186 g/mol. The maximum atomic E-state index is 5.67. The van der Waals surface area contributed by atoms with Gasteiger partial charge in [0.05, 0.1) is 0 Å². The quantitative estimate of drug-likeness (QED) is 0.818. The summed E-state index contributed by atoms with van der Waals surface area (Å²) in [6.07, 6.45) is 1.39. The third-order valence-corrected chi connectivity index (χ3v) is 2.67. The number of fused-ring (bicyclic) bond motifs is 1. The average Bonchev–Trinajstić information content (AvgIpc) is 2.53. The van der Waals surface area contributed by atoms with E-state index in [9.17, 15) is 0 Å². The largest absolute Gasteiger partial charge is 0.490 e. The van der Waals surface area contributed by atoms with Crippen LogP contribution < -0.4 is 10.1 Å². The fourth-order valence-electron chi connectivity index (χ4n) is 1.91. The molecule has 82 valence electrons. The van der Waals surface area contributed by atoms with Crippen molar-refractivity contribution in [3.05, 3.63) is 29.3 Å². The fourth-order valence-corrected chi connectivity index (χ4v) is 1.91. The predicted octanol–water partition coefficient (Wildman–Crippen LogP) is 2.51. The summed E-state index contributed by atoms with van der Waals surface area (Å²) >= 11 is 0. The second-order valence-corrected chi connectivity index (χ2v) is 4.61. The van der Waals surface area contributed by atoms with Crippen LogP contribution in [0.15, 0.2) is 18.2 Å². The SMILES string of the molecule is CC(C)NCc1ccc2c(c1)C[C@H](C)O2. The Labute approximate surface area is 91.6 Å². The van der Waals surface area contributed by atoms with Crippen molar-refractivity contribution in [1.82, 2.24) is 5.32 Å². The highest BCUT2D eigenvalue weighted by Gasteiger charge is 2.18. The van der Waals surface area contributed by atoms with Crippen LogP contribution in [0.5, 0.6) is 5.75 Å². The highest BCUT2D eigenvalue weighted by Crippen LogP contribution is 2.29. The summed E-state index contributed by atoms with van der Waals surface area (Å²) in [4.78, 5) is 0. The molecule has 2 heteroatoms. The Morgan fingerprint density at radius 3 is 3.00 bits per heavy atom. The van der Waals surface area contributed by atoms with Gasteiger partial charge in [-0.2, -0.15) is 0 Å². The molecular formula is C13H19NO. The molecule has 0 fully saturated rings. The van der Waals surface area contributed by atoms with E-state index >= 15 is 0 Å². The maximum Gasteiger partial charge on any atom is 0.123 e. The van der Waals surface area contributed by atoms with E-state index in [1.807, 2.05) is 0 Å². The third-order valence-electron chi connectivity index (χ3n) is 2.67. The van der Waals surface area contributed by atoms with Crippen LogP contribution in [0.3, 0.4) is 0 Å². The lowest BCUT2D eigenvalue weighted by Gasteiger charge is -2.08. The lowest BCUT2D eigenvalue weighted by atomic mass is 10.1. The molecule has 1 heterocycles. The van der Waals surface area contributed by atoms with Gasteiger partial charge in [-0.05, 0) is 24.1 Å². The van der Waals surface area contributed by atoms with Crippen LogP contribution in [-0.4, -0.2) is 12.1 Å². The Bertz CT molecular complexity index is 346. The Kier molecular flexibility index (Phi) is 2.96. The minimum atomic E-state index is 0.341. The zero-order valence-electron chi connectivity index (χ0n) is 9.71. The molecule has 1 aliphatic rings. The smallest absolute Gasteiger partial charge is 0.123 e. The molecule has 0 aliphatic carbocycles. The monoisotopic (exact) mass is 205 g/mol. The van der Waals surface area contributed by atoms with Gasteiger partial charge in [0.1, 0.15) is 11.9 Å². The number of hydrogen-bond donors (Lipinski definition) is 1. The van der Waals surface area contributed by atoms with Gasteiger partial charge in [0.15, 0.2) is 0 Å². The van der Waals surface area contributed by atoms with Crippen molar-refractivity contribution in [3.63, 3.8) is 0 Å². The summed E-state index contributed by atoms with van der Waals surface area (Å²) in [5, 5.41) is 3.42. The maximum absolute atomic E-state index is 5.67. The first-order valence-electron chi connectivity index (χ1n) is 5.67. The van der Waals surface area contributed by atoms with E-state index < -0.39 is 0 Å². The van der Waals surface area contributed by atoms with E-state index in [4.69, 9.17) is 4.74 Å². The number of hydrogen-bond acceptors (Lipinski definition) is 2. The summed E-state index contributed by atoms with van der Waals surface area (Å²) in [5.41, 5.74) is 2.70. The minimum Gasteiger partial charge on any atom is -0.490 e. The third kappa shape index (κ3) is 2.51. The normalized spacial score (nSPS) is 19.1. The first-order chi connectivity index (χ1) is 7.15. The number of nitrogens with one attached hydrogen (secondary N) is 1. The van der Waals surface area contributed by atoms with Crippen LogP contribution in [0.2, 0.25) is 0 Å². The van der Waals surface area contributed by atoms with E-state index in [-0.39, 0.29) is 0 Å². The summed E-state index contributed by atoms with van der Waals surface area (Å²) in [6, 6.07) is 7.03. The molecule has 15 heavy (non-hydrogen) atoms. The number of ether oxygens (including phenoxy) is 1. The molecule has 2 rings (SSSR count). The van der Waals surface area contributed by atoms with Crippen LogP contribution in [0.1, 0.15) is 31.9 Å². The Balaban J connectivity index is 2.06. The van der Waals surface area contributed by atoms with E-state index in [2.05, 4.69) is 44.3 Å². The highest BCUT2D eigenvalue weighted by atomic mass is 16.5. The van der Waals surface area contributed by atoms with Crippen molar-refractivity contribution < 1.29 is 4.74 Å². The van der Waals surface area contributed by atoms with Gasteiger partial charge < -0.3 is 10.1 Å². The summed E-state index contributed by atoms with van der Waals surface area (Å²) < 4.78 is 5.67. The molecule has 0 spiro atoms. The van der Waals surface area contributed by atoms with E-state index in [1.54, 1.807) is 0 Å². The minimum absolute atomic E-state index is 0.341. The molecule has 0 aromatic heterocycles. The zero-order valence-corrected chi connectivity index (χ0v) is 9.71. The summed E-state index contributed by atoms with van der Waals surface area (Å²) in [5.74, 6) is 1.07. The average molecular weight is 205 g/mol. The van der Waals surface area contributed by atoms with Crippen LogP contribution in [0, 0.1) is 0 Å². The van der Waals surface area contributed by atoms with Crippen molar-refractivity contribution in [2.24, 2.45) is 0 Å². The molecule has 1 aliphatic heterocycles. The Morgan fingerprint density at radius 2 is 2.27 bits per heavy atom. The molecule has 1 N–H and O–H groups in total. The zero-order chi connectivity index (χ0) is 10.8. The fraction of sp³-hybridized carbons (Fsp3) is 0.538. The van der Waals surface area contributed by atoms with Crippen molar-refractivity contribution in [2.45, 2.75) is 45.9 Å². The van der Waals surface area contributed by atoms with Gasteiger partial charge in [-0.1, -0.05) is 26.0 Å². The van der Waals surface area contributed by atoms with Crippen LogP contribution >= 0.6 is 0 Å². The molecule has 0 amide bonds. The van der Waals surface area contributed by atoms with Crippen molar-refractivity contribution in [1.29, 1.82) is 0 Å². The molecule has 0 unspecified atom stereocenters. The van der Waals surface area contributed by atoms with Crippen LogP contribution in [0.25, 0.3) is 0 Å². The lowest BCUT2D eigenvalue weighted by molar-refractivity contribution is 0.254. The molecule has 1 aromatic carbocycles. The standard InChI is InChI=1S/C13H19NO/c1-9(2)14-8-11-4-5-13-12(7-11)6-10(3)15-13/h4-5,7,9-10,14H,6,8H2,1-3H3/t10-/m0/s1. The van der Waals surface area contributed by atoms with E-state index in [0.29, 0.717) is 12.1 Å². The molecule has 1 atom stereocenters. The molecule has 0 saturated heterocycles. The Hall–Kier alpha value is -1.02. The first kappa shape index (κ1) is 10.5. The summed E-state index contributed by atoms with van der Waals surface area (Å²) in [6.45, 7) is 7.39. The molecule has 0 radical (unpaired) electrons. The van der Waals surface area contributed by atoms with Gasteiger partial charge in [-0.25, -0.2) is 0 Å². The topological polar surface area (TPSA) is 21.3 Å². The van der Waals surface area contributed by atoms with Gasteiger partial charge in [0.25, 0.3) is 0 Å². The van der Waals surface area contributed by atoms with Gasteiger partial charge in [0.2, 0.25) is 0 Å². The number of rotatable bonds is 3. The van der Waals surface area contributed by atoms with Gasteiger partial charge in [-0.3, -0.25) is 0 Å². The van der Waals surface area contributed by atoms with E-state index in [1.165, 1.54) is 11.1 Å². The molecule has 2 nitrogen and oxygen atoms in total. The van der Waals surface area contributed by atoms with Gasteiger partial charge in [-0.15, -0.1) is 0 Å². The lowest BCUT2D eigenvalue weighted by Crippen LogP contribution is -2.21. The second-order valence-electron chi connectivity index (χ2n) is 4.61. The molecule has 1 aromatic rings. The molecule has 0 bridgehead atoms.